The molecule has 0 unspecified atom stereocenters. The molecule has 0 radical (unpaired) electrons. The average molecular weight is 432 g/mol. The Morgan fingerprint density at radius 1 is 0.968 bits per heavy atom. The Labute approximate surface area is 182 Å². The number of carbonyl (C=O) groups is 1. The molecular formula is C23H21N5O2S. The number of imidazole rings is 1. The van der Waals surface area contributed by atoms with E-state index in [0.717, 1.165) is 38.7 Å². The number of hydrogen-bond acceptors (Lipinski definition) is 5. The quantitative estimate of drug-likeness (QED) is 0.321. The van der Waals surface area contributed by atoms with Crippen LogP contribution in [0, 0.1) is 13.8 Å². The van der Waals surface area contributed by atoms with E-state index in [2.05, 4.69) is 36.2 Å². The van der Waals surface area contributed by atoms with Gasteiger partial charge in [0.05, 0.1) is 22.3 Å². The number of fused-ring (bicyclic) bond motifs is 4. The molecule has 0 bridgehead atoms. The minimum absolute atomic E-state index is 0.0203. The third-order valence-electron chi connectivity index (χ3n) is 5.82. The van der Waals surface area contributed by atoms with E-state index in [9.17, 15) is 9.59 Å². The number of nitrogens with zero attached hydrogens (tertiary/aromatic N) is 5. The number of thioether (sulfide) groups is 1. The highest BCUT2D eigenvalue weighted by atomic mass is 32.2. The fourth-order valence-corrected chi connectivity index (χ4v) is 4.96. The lowest BCUT2D eigenvalue weighted by atomic mass is 10.1. The summed E-state index contributed by atoms with van der Waals surface area (Å²) in [6.07, 6.45) is 0. The van der Waals surface area contributed by atoms with Gasteiger partial charge in [-0.2, -0.15) is 0 Å². The number of rotatable bonds is 4. The monoisotopic (exact) mass is 431 g/mol. The molecule has 0 amide bonds. The molecule has 0 N–H and O–H groups in total. The summed E-state index contributed by atoms with van der Waals surface area (Å²) in [5, 5.41) is 10.5. The summed E-state index contributed by atoms with van der Waals surface area (Å²) < 4.78 is 5.17. The van der Waals surface area contributed by atoms with Crippen LogP contribution >= 0.6 is 11.8 Å². The maximum Gasteiger partial charge on any atom is 0.328 e. The predicted molar refractivity (Wildman–Crippen MR) is 123 cm³/mol. The second kappa shape index (κ2) is 7.09. The van der Waals surface area contributed by atoms with E-state index >= 15 is 0 Å². The Balaban J connectivity index is 1.50. The molecule has 0 aliphatic carbocycles. The van der Waals surface area contributed by atoms with Gasteiger partial charge < -0.3 is 0 Å². The SMILES string of the molecule is Cc1cc2nnc(SCC(=O)c3ccc4c(c3)n(C)c(=O)n4C)n2c2c(C)cccc12. The Hall–Kier alpha value is -3.39. The molecule has 7 nitrogen and oxygen atoms in total. The first kappa shape index (κ1) is 19.6. The normalized spacial score (nSPS) is 11.7. The third kappa shape index (κ3) is 2.97. The minimum atomic E-state index is -0.110. The Bertz CT molecular complexity index is 1570. The summed E-state index contributed by atoms with van der Waals surface area (Å²) in [6.45, 7) is 4.14. The van der Waals surface area contributed by atoms with Gasteiger partial charge in [0.15, 0.2) is 16.6 Å². The molecule has 0 aliphatic heterocycles. The lowest BCUT2D eigenvalue weighted by Crippen LogP contribution is -2.19. The van der Waals surface area contributed by atoms with E-state index in [1.807, 2.05) is 22.6 Å². The molecule has 0 fully saturated rings. The molecule has 2 aromatic carbocycles. The molecule has 3 aromatic heterocycles. The third-order valence-corrected chi connectivity index (χ3v) is 6.75. The maximum atomic E-state index is 12.9. The number of carbonyl (C=O) groups excluding carboxylic acids is 1. The van der Waals surface area contributed by atoms with Gasteiger partial charge in [0.2, 0.25) is 0 Å². The molecule has 0 saturated carbocycles. The van der Waals surface area contributed by atoms with Crippen molar-refractivity contribution in [2.75, 3.05) is 5.75 Å². The van der Waals surface area contributed by atoms with Crippen molar-refractivity contribution in [2.24, 2.45) is 14.1 Å². The van der Waals surface area contributed by atoms with Gasteiger partial charge >= 0.3 is 5.69 Å². The fourth-order valence-electron chi connectivity index (χ4n) is 4.12. The smallest absolute Gasteiger partial charge is 0.295 e. The van der Waals surface area contributed by atoms with E-state index in [1.165, 1.54) is 11.8 Å². The highest BCUT2D eigenvalue weighted by Gasteiger charge is 2.16. The van der Waals surface area contributed by atoms with E-state index in [0.29, 0.717) is 10.7 Å². The van der Waals surface area contributed by atoms with Crippen molar-refractivity contribution in [2.45, 2.75) is 19.0 Å². The fraction of sp³-hybridized carbons (Fsp3) is 0.217. The summed E-state index contributed by atoms with van der Waals surface area (Å²) in [4.78, 5) is 25.1. The van der Waals surface area contributed by atoms with Crippen LogP contribution in [0.15, 0.2) is 52.4 Å². The summed E-state index contributed by atoms with van der Waals surface area (Å²) in [6, 6.07) is 13.6. The zero-order valence-corrected chi connectivity index (χ0v) is 18.5. The average Bonchev–Trinajstić information content (AvgIpc) is 3.26. The molecule has 31 heavy (non-hydrogen) atoms. The van der Waals surface area contributed by atoms with Crippen LogP contribution in [0.5, 0.6) is 0 Å². The van der Waals surface area contributed by atoms with E-state index in [4.69, 9.17) is 0 Å². The van der Waals surface area contributed by atoms with Gasteiger partial charge in [-0.3, -0.25) is 18.3 Å². The summed E-state index contributed by atoms with van der Waals surface area (Å²) in [5.41, 5.74) is 6.13. The molecule has 156 valence electrons. The lowest BCUT2D eigenvalue weighted by molar-refractivity contribution is 0.102. The van der Waals surface area contributed by atoms with Crippen LogP contribution in [-0.4, -0.2) is 35.3 Å². The van der Waals surface area contributed by atoms with Crippen LogP contribution in [-0.2, 0) is 14.1 Å². The molecule has 0 atom stereocenters. The van der Waals surface area contributed by atoms with Crippen molar-refractivity contribution in [1.29, 1.82) is 0 Å². The zero-order chi connectivity index (χ0) is 21.9. The van der Waals surface area contributed by atoms with Gasteiger partial charge in [-0.1, -0.05) is 30.0 Å². The van der Waals surface area contributed by atoms with E-state index in [1.54, 1.807) is 35.4 Å². The van der Waals surface area contributed by atoms with Crippen LogP contribution in [0.3, 0.4) is 0 Å². The van der Waals surface area contributed by atoms with Crippen molar-refractivity contribution in [3.05, 3.63) is 69.6 Å². The molecule has 5 rings (SSSR count). The van der Waals surface area contributed by atoms with Crippen molar-refractivity contribution in [3.8, 4) is 0 Å². The van der Waals surface area contributed by atoms with Crippen LogP contribution in [0.4, 0.5) is 0 Å². The molecular weight excluding hydrogens is 410 g/mol. The van der Waals surface area contributed by atoms with Crippen molar-refractivity contribution < 1.29 is 4.79 Å². The molecule has 0 aliphatic rings. The van der Waals surface area contributed by atoms with Crippen molar-refractivity contribution in [1.82, 2.24) is 23.7 Å². The van der Waals surface area contributed by atoms with Crippen LogP contribution in [0.25, 0.3) is 27.6 Å². The first-order valence-corrected chi connectivity index (χ1v) is 10.9. The second-order valence-corrected chi connectivity index (χ2v) is 8.73. The topological polar surface area (TPSA) is 74.2 Å². The molecule has 8 heteroatoms. The summed E-state index contributed by atoms with van der Waals surface area (Å²) in [7, 11) is 3.44. The number of Topliss-reactive ketones (excluding diaryl/α,β-unsaturated/α-hetero) is 1. The number of pyridine rings is 1. The number of ketones is 1. The number of benzene rings is 2. The van der Waals surface area contributed by atoms with Gasteiger partial charge in [-0.15, -0.1) is 10.2 Å². The van der Waals surface area contributed by atoms with Crippen LogP contribution in [0.2, 0.25) is 0 Å². The van der Waals surface area contributed by atoms with Crippen molar-refractivity contribution in [3.63, 3.8) is 0 Å². The van der Waals surface area contributed by atoms with Gasteiger partial charge in [0.1, 0.15) is 0 Å². The number of aromatic nitrogens is 5. The predicted octanol–water partition coefficient (Wildman–Crippen LogP) is 3.66. The summed E-state index contributed by atoms with van der Waals surface area (Å²) in [5.74, 6) is 0.210. The standard InChI is InChI=1S/C23H21N5O2S/c1-13-6-5-7-16-14(2)10-20-24-25-22(28(20)21(13)16)31-12-19(29)15-8-9-17-18(11-15)27(4)23(30)26(17)3/h5-11H,12H2,1-4H3. The number of hydrogen-bond donors (Lipinski definition) is 0. The molecule has 0 spiro atoms. The Morgan fingerprint density at radius 3 is 2.55 bits per heavy atom. The van der Waals surface area contributed by atoms with Gasteiger partial charge in [0, 0.05) is 25.0 Å². The molecule has 3 heterocycles. The van der Waals surface area contributed by atoms with Gasteiger partial charge in [-0.25, -0.2) is 4.79 Å². The second-order valence-electron chi connectivity index (χ2n) is 7.79. The minimum Gasteiger partial charge on any atom is -0.295 e. The lowest BCUT2D eigenvalue weighted by Gasteiger charge is -2.10. The number of para-hydroxylation sites is 1. The van der Waals surface area contributed by atoms with E-state index < -0.39 is 0 Å². The van der Waals surface area contributed by atoms with Gasteiger partial charge in [0.25, 0.3) is 0 Å². The first-order valence-electron chi connectivity index (χ1n) is 9.92. The Morgan fingerprint density at radius 2 is 1.74 bits per heavy atom. The van der Waals surface area contributed by atoms with Gasteiger partial charge in [-0.05, 0) is 49.2 Å². The van der Waals surface area contributed by atoms with Crippen LogP contribution < -0.4 is 5.69 Å². The largest absolute Gasteiger partial charge is 0.328 e. The zero-order valence-electron chi connectivity index (χ0n) is 17.7. The van der Waals surface area contributed by atoms with E-state index in [-0.39, 0.29) is 17.2 Å². The van der Waals surface area contributed by atoms with Crippen LogP contribution in [0.1, 0.15) is 21.5 Å². The maximum absolute atomic E-state index is 12.9. The Kier molecular flexibility index (Phi) is 4.48. The molecule has 0 saturated heterocycles. The van der Waals surface area contributed by atoms with Crippen molar-refractivity contribution >= 4 is 45.1 Å². The summed E-state index contributed by atoms with van der Waals surface area (Å²) >= 11 is 1.37. The number of aryl methyl sites for hydroxylation is 4. The molecule has 5 aromatic rings. The highest BCUT2D eigenvalue weighted by Crippen LogP contribution is 2.28. The first-order chi connectivity index (χ1) is 14.9. The highest BCUT2D eigenvalue weighted by molar-refractivity contribution is 7.99.